The van der Waals surface area contributed by atoms with Crippen LogP contribution in [0, 0.1) is 11.2 Å². The monoisotopic (exact) mass is 272 g/mol. The fourth-order valence-corrected chi connectivity index (χ4v) is 2.13. The van der Waals surface area contributed by atoms with Crippen molar-refractivity contribution in [2.45, 2.75) is 13.0 Å². The van der Waals surface area contributed by atoms with E-state index >= 15 is 0 Å². The van der Waals surface area contributed by atoms with E-state index in [4.69, 9.17) is 11.1 Å². The van der Waals surface area contributed by atoms with Crippen molar-refractivity contribution in [1.29, 1.82) is 5.41 Å². The molecule has 1 atom stereocenters. The average molecular weight is 272 g/mol. The Balaban J connectivity index is 2.39. The van der Waals surface area contributed by atoms with E-state index in [1.807, 2.05) is 18.9 Å². The molecule has 1 unspecified atom stereocenters. The third-order valence-corrected chi connectivity index (χ3v) is 3.41. The summed E-state index contributed by atoms with van der Waals surface area (Å²) in [6.07, 6.45) is 3.22. The summed E-state index contributed by atoms with van der Waals surface area (Å²) in [5.41, 5.74) is 7.46. The maximum atomic E-state index is 13.9. The van der Waals surface area contributed by atoms with E-state index in [1.165, 1.54) is 6.07 Å². The first kappa shape index (κ1) is 14.0. The standard InChI is InChI=1S/C15H17FN4/c1-10(11-5-3-4-6-13(11)16)20(2)14-9-19-8-7-12(14)15(17)18/h3-10H,1-2H3,(H3,17,18). The molecule has 0 amide bonds. The second-order valence-electron chi connectivity index (χ2n) is 4.61. The van der Waals surface area contributed by atoms with Crippen LogP contribution in [0.15, 0.2) is 42.7 Å². The van der Waals surface area contributed by atoms with E-state index in [-0.39, 0.29) is 17.7 Å². The Morgan fingerprint density at radius 2 is 2.05 bits per heavy atom. The van der Waals surface area contributed by atoms with Crippen molar-refractivity contribution in [3.63, 3.8) is 0 Å². The molecule has 1 aromatic carbocycles. The molecule has 0 saturated heterocycles. The van der Waals surface area contributed by atoms with E-state index in [0.717, 1.165) is 0 Å². The number of benzene rings is 1. The highest BCUT2D eigenvalue weighted by molar-refractivity contribution is 6.00. The van der Waals surface area contributed by atoms with Crippen molar-refractivity contribution in [2.24, 2.45) is 5.73 Å². The Hall–Kier alpha value is -2.43. The van der Waals surface area contributed by atoms with Gasteiger partial charge in [0.05, 0.1) is 17.9 Å². The maximum Gasteiger partial charge on any atom is 0.128 e. The van der Waals surface area contributed by atoms with Crippen LogP contribution in [0.1, 0.15) is 24.1 Å². The minimum absolute atomic E-state index is 0.0324. The molecular weight excluding hydrogens is 255 g/mol. The second kappa shape index (κ2) is 5.69. The minimum atomic E-state index is -0.250. The maximum absolute atomic E-state index is 13.9. The highest BCUT2D eigenvalue weighted by atomic mass is 19.1. The van der Waals surface area contributed by atoms with Crippen molar-refractivity contribution in [1.82, 2.24) is 4.98 Å². The molecule has 0 radical (unpaired) electrons. The van der Waals surface area contributed by atoms with E-state index in [2.05, 4.69) is 4.98 Å². The van der Waals surface area contributed by atoms with E-state index in [1.54, 1.807) is 36.7 Å². The van der Waals surface area contributed by atoms with Crippen LogP contribution in [0.3, 0.4) is 0 Å². The predicted octanol–water partition coefficient (Wildman–Crippen LogP) is 2.70. The molecule has 2 rings (SSSR count). The lowest BCUT2D eigenvalue weighted by Crippen LogP contribution is -2.26. The molecule has 0 aliphatic carbocycles. The van der Waals surface area contributed by atoms with Crippen LogP contribution in [0.2, 0.25) is 0 Å². The number of hydrogen-bond donors (Lipinski definition) is 2. The lowest BCUT2D eigenvalue weighted by Gasteiger charge is -2.29. The summed E-state index contributed by atoms with van der Waals surface area (Å²) in [6.45, 7) is 1.90. The van der Waals surface area contributed by atoms with Crippen molar-refractivity contribution >= 4 is 11.5 Å². The molecule has 0 fully saturated rings. The number of nitrogens with one attached hydrogen (secondary N) is 1. The van der Waals surface area contributed by atoms with Gasteiger partial charge in [0.1, 0.15) is 11.7 Å². The first-order valence-corrected chi connectivity index (χ1v) is 6.28. The van der Waals surface area contributed by atoms with Gasteiger partial charge in [0.25, 0.3) is 0 Å². The molecule has 1 heterocycles. The molecule has 0 aliphatic heterocycles. The lowest BCUT2D eigenvalue weighted by atomic mass is 10.1. The van der Waals surface area contributed by atoms with Gasteiger partial charge in [0.2, 0.25) is 0 Å². The third-order valence-electron chi connectivity index (χ3n) is 3.41. The number of nitrogens with zero attached hydrogens (tertiary/aromatic N) is 2. The van der Waals surface area contributed by atoms with Crippen molar-refractivity contribution in [2.75, 3.05) is 11.9 Å². The fourth-order valence-electron chi connectivity index (χ4n) is 2.13. The second-order valence-corrected chi connectivity index (χ2v) is 4.61. The molecule has 2 aromatic rings. The number of halogens is 1. The fraction of sp³-hybridized carbons (Fsp3) is 0.200. The van der Waals surface area contributed by atoms with Gasteiger partial charge in [-0.3, -0.25) is 10.4 Å². The van der Waals surface area contributed by atoms with Gasteiger partial charge in [0, 0.05) is 24.4 Å². The molecule has 0 spiro atoms. The van der Waals surface area contributed by atoms with Gasteiger partial charge in [-0.1, -0.05) is 18.2 Å². The zero-order valence-corrected chi connectivity index (χ0v) is 11.5. The Kier molecular flexibility index (Phi) is 3.98. The lowest BCUT2D eigenvalue weighted by molar-refractivity contribution is 0.585. The van der Waals surface area contributed by atoms with Gasteiger partial charge in [-0.25, -0.2) is 4.39 Å². The molecule has 20 heavy (non-hydrogen) atoms. The van der Waals surface area contributed by atoms with Crippen LogP contribution >= 0.6 is 0 Å². The number of pyridine rings is 1. The van der Waals surface area contributed by atoms with Crippen LogP contribution in [0.5, 0.6) is 0 Å². The number of nitrogen functional groups attached to an aromatic ring is 1. The van der Waals surface area contributed by atoms with E-state index < -0.39 is 0 Å². The average Bonchev–Trinajstić information content (AvgIpc) is 2.46. The van der Waals surface area contributed by atoms with Crippen LogP contribution in [-0.2, 0) is 0 Å². The molecule has 0 bridgehead atoms. The molecule has 4 nitrogen and oxygen atoms in total. The highest BCUT2D eigenvalue weighted by Gasteiger charge is 2.18. The van der Waals surface area contributed by atoms with Crippen molar-refractivity contribution in [3.05, 3.63) is 59.7 Å². The van der Waals surface area contributed by atoms with Gasteiger partial charge in [-0.2, -0.15) is 0 Å². The van der Waals surface area contributed by atoms with Crippen LogP contribution in [-0.4, -0.2) is 17.9 Å². The van der Waals surface area contributed by atoms with Crippen molar-refractivity contribution < 1.29 is 4.39 Å². The summed E-state index contributed by atoms with van der Waals surface area (Å²) >= 11 is 0. The van der Waals surface area contributed by atoms with Gasteiger partial charge in [0.15, 0.2) is 0 Å². The Morgan fingerprint density at radius 1 is 1.35 bits per heavy atom. The van der Waals surface area contributed by atoms with Gasteiger partial charge < -0.3 is 10.6 Å². The largest absolute Gasteiger partial charge is 0.384 e. The molecule has 1 aromatic heterocycles. The van der Waals surface area contributed by atoms with Crippen LogP contribution < -0.4 is 10.6 Å². The molecule has 0 saturated carbocycles. The minimum Gasteiger partial charge on any atom is -0.384 e. The summed E-state index contributed by atoms with van der Waals surface area (Å²) in [5, 5.41) is 7.61. The van der Waals surface area contributed by atoms with E-state index in [9.17, 15) is 4.39 Å². The van der Waals surface area contributed by atoms with Gasteiger partial charge in [-0.05, 0) is 19.1 Å². The first-order valence-electron chi connectivity index (χ1n) is 6.28. The number of hydrogen-bond acceptors (Lipinski definition) is 3. The third kappa shape index (κ3) is 2.61. The number of rotatable bonds is 4. The number of anilines is 1. The summed E-state index contributed by atoms with van der Waals surface area (Å²) in [4.78, 5) is 5.92. The molecule has 3 N–H and O–H groups in total. The van der Waals surface area contributed by atoms with Crippen LogP contribution in [0.25, 0.3) is 0 Å². The molecule has 5 heteroatoms. The first-order chi connectivity index (χ1) is 9.52. The molecule has 0 aliphatic rings. The molecular formula is C15H17FN4. The quantitative estimate of drug-likeness (QED) is 0.664. The van der Waals surface area contributed by atoms with E-state index in [0.29, 0.717) is 16.8 Å². The normalized spacial score (nSPS) is 11.9. The number of aromatic nitrogens is 1. The highest BCUT2D eigenvalue weighted by Crippen LogP contribution is 2.28. The van der Waals surface area contributed by atoms with Gasteiger partial charge in [-0.15, -0.1) is 0 Å². The smallest absolute Gasteiger partial charge is 0.128 e. The predicted molar refractivity (Wildman–Crippen MR) is 78.5 cm³/mol. The molecule has 104 valence electrons. The summed E-state index contributed by atoms with van der Waals surface area (Å²) in [6, 6.07) is 8.14. The summed E-state index contributed by atoms with van der Waals surface area (Å²) < 4.78 is 13.9. The SMILES string of the molecule is CC(c1ccccc1F)N(C)c1cnccc1C(=N)N. The summed E-state index contributed by atoms with van der Waals surface area (Å²) in [7, 11) is 1.83. The number of nitrogens with two attached hydrogens (primary N) is 1. The summed E-state index contributed by atoms with van der Waals surface area (Å²) in [5.74, 6) is -0.282. The van der Waals surface area contributed by atoms with Gasteiger partial charge >= 0.3 is 0 Å². The van der Waals surface area contributed by atoms with Crippen LogP contribution in [0.4, 0.5) is 10.1 Å². The Morgan fingerprint density at radius 3 is 2.70 bits per heavy atom. The zero-order chi connectivity index (χ0) is 14.7. The van der Waals surface area contributed by atoms with Crippen molar-refractivity contribution in [3.8, 4) is 0 Å². The topological polar surface area (TPSA) is 66.0 Å². The Labute approximate surface area is 117 Å². The number of amidine groups is 1. The zero-order valence-electron chi connectivity index (χ0n) is 11.5. The Bertz CT molecular complexity index is 627.